The molecule has 1 aliphatic rings. The fourth-order valence-corrected chi connectivity index (χ4v) is 2.01. The Kier molecular flexibility index (Phi) is 3.80. The second-order valence-electron chi connectivity index (χ2n) is 4.83. The Labute approximate surface area is 111 Å². The lowest BCUT2D eigenvalue weighted by Gasteiger charge is -2.11. The van der Waals surface area contributed by atoms with E-state index >= 15 is 0 Å². The van der Waals surface area contributed by atoms with Gasteiger partial charge >= 0.3 is 0 Å². The number of nitrogens with zero attached hydrogens (tertiary/aromatic N) is 1. The van der Waals surface area contributed by atoms with Crippen molar-refractivity contribution in [2.75, 3.05) is 5.32 Å². The van der Waals surface area contributed by atoms with Crippen molar-refractivity contribution in [1.29, 1.82) is 0 Å². The maximum absolute atomic E-state index is 12.0. The first-order chi connectivity index (χ1) is 8.97. The van der Waals surface area contributed by atoms with Crippen LogP contribution in [0.1, 0.15) is 30.8 Å². The molecular formula is C13H17N3O3. The highest BCUT2D eigenvalue weighted by molar-refractivity contribution is 5.96. The minimum absolute atomic E-state index is 0.0781. The van der Waals surface area contributed by atoms with Crippen LogP contribution in [0.25, 0.3) is 0 Å². The van der Waals surface area contributed by atoms with Crippen LogP contribution in [0.3, 0.4) is 0 Å². The van der Waals surface area contributed by atoms with Crippen LogP contribution in [-0.4, -0.2) is 29.0 Å². The van der Waals surface area contributed by atoms with Gasteiger partial charge in [0.05, 0.1) is 6.10 Å². The standard InChI is InChI=1S/C13H17N3O3/c1-7-5-11(19-8(7)2)13(18)16-9-3-4-15-10(6-9)12(14)17/h3-4,6-8,11H,5H2,1-2H3,(H2,14,17)(H,15,16,18)/t7-,8+,11+/m0/s1. The molecule has 1 fully saturated rings. The van der Waals surface area contributed by atoms with Crippen LogP contribution >= 0.6 is 0 Å². The highest BCUT2D eigenvalue weighted by atomic mass is 16.5. The number of pyridine rings is 1. The summed E-state index contributed by atoms with van der Waals surface area (Å²) in [5, 5.41) is 2.71. The van der Waals surface area contributed by atoms with Crippen molar-refractivity contribution in [3.05, 3.63) is 24.0 Å². The lowest BCUT2D eigenvalue weighted by atomic mass is 10.0. The summed E-state index contributed by atoms with van der Waals surface area (Å²) < 4.78 is 5.57. The van der Waals surface area contributed by atoms with Gasteiger partial charge in [-0.05, 0) is 31.4 Å². The molecule has 6 heteroatoms. The number of carbonyl (C=O) groups excluding carboxylic acids is 2. The monoisotopic (exact) mass is 263 g/mol. The predicted molar refractivity (Wildman–Crippen MR) is 69.5 cm³/mol. The Morgan fingerprint density at radius 3 is 2.79 bits per heavy atom. The largest absolute Gasteiger partial charge is 0.365 e. The zero-order valence-corrected chi connectivity index (χ0v) is 10.9. The van der Waals surface area contributed by atoms with E-state index in [1.807, 2.05) is 6.92 Å². The minimum atomic E-state index is -0.629. The molecule has 19 heavy (non-hydrogen) atoms. The number of ether oxygens (including phenoxy) is 1. The van der Waals surface area contributed by atoms with E-state index in [-0.39, 0.29) is 17.7 Å². The zero-order valence-electron chi connectivity index (χ0n) is 10.9. The molecule has 0 unspecified atom stereocenters. The molecule has 0 aromatic carbocycles. The maximum atomic E-state index is 12.0. The van der Waals surface area contributed by atoms with Gasteiger partial charge in [0.1, 0.15) is 11.8 Å². The Hall–Kier alpha value is -1.95. The van der Waals surface area contributed by atoms with E-state index in [0.717, 1.165) is 0 Å². The molecule has 1 aromatic rings. The van der Waals surface area contributed by atoms with E-state index < -0.39 is 12.0 Å². The lowest BCUT2D eigenvalue weighted by Crippen LogP contribution is -2.28. The third kappa shape index (κ3) is 3.08. The number of aromatic nitrogens is 1. The normalized spacial score (nSPS) is 26.1. The van der Waals surface area contributed by atoms with E-state index in [1.54, 1.807) is 6.07 Å². The summed E-state index contributed by atoms with van der Waals surface area (Å²) in [7, 11) is 0. The molecule has 102 valence electrons. The molecule has 3 atom stereocenters. The fourth-order valence-electron chi connectivity index (χ4n) is 2.01. The number of hydrogen-bond acceptors (Lipinski definition) is 4. The van der Waals surface area contributed by atoms with Crippen molar-refractivity contribution >= 4 is 17.5 Å². The van der Waals surface area contributed by atoms with Crippen molar-refractivity contribution < 1.29 is 14.3 Å². The number of nitrogens with two attached hydrogens (primary N) is 1. The number of nitrogens with one attached hydrogen (secondary N) is 1. The molecule has 1 aromatic heterocycles. The third-order valence-corrected chi connectivity index (χ3v) is 3.34. The Bertz CT molecular complexity index is 494. The lowest BCUT2D eigenvalue weighted by molar-refractivity contribution is -0.126. The van der Waals surface area contributed by atoms with Gasteiger partial charge in [-0.15, -0.1) is 0 Å². The molecule has 0 aliphatic carbocycles. The number of carbonyl (C=O) groups is 2. The summed E-state index contributed by atoms with van der Waals surface area (Å²) in [6, 6.07) is 3.05. The van der Waals surface area contributed by atoms with Crippen molar-refractivity contribution in [2.45, 2.75) is 32.5 Å². The Balaban J connectivity index is 2.03. The van der Waals surface area contributed by atoms with E-state index in [2.05, 4.69) is 17.2 Å². The quantitative estimate of drug-likeness (QED) is 0.848. The smallest absolute Gasteiger partial charge is 0.267 e. The number of amides is 2. The number of hydrogen-bond donors (Lipinski definition) is 2. The van der Waals surface area contributed by atoms with Crippen LogP contribution in [0, 0.1) is 5.92 Å². The molecular weight excluding hydrogens is 246 g/mol. The van der Waals surface area contributed by atoms with Crippen LogP contribution < -0.4 is 11.1 Å². The second-order valence-corrected chi connectivity index (χ2v) is 4.83. The molecule has 3 N–H and O–H groups in total. The molecule has 2 rings (SSSR count). The van der Waals surface area contributed by atoms with Crippen LogP contribution in [0.5, 0.6) is 0 Å². The number of rotatable bonds is 3. The molecule has 0 radical (unpaired) electrons. The summed E-state index contributed by atoms with van der Waals surface area (Å²) in [5.41, 5.74) is 5.74. The SMILES string of the molecule is C[C@H]1C[C@H](C(=O)Nc2ccnc(C(N)=O)c2)O[C@@H]1C. The minimum Gasteiger partial charge on any atom is -0.365 e. The van der Waals surface area contributed by atoms with Crippen LogP contribution in [-0.2, 0) is 9.53 Å². The number of anilines is 1. The molecule has 0 saturated carbocycles. The summed E-state index contributed by atoms with van der Waals surface area (Å²) in [6.45, 7) is 4.01. The van der Waals surface area contributed by atoms with Gasteiger partial charge in [-0.3, -0.25) is 14.6 Å². The fraction of sp³-hybridized carbons (Fsp3) is 0.462. The van der Waals surface area contributed by atoms with E-state index in [1.165, 1.54) is 12.3 Å². The highest BCUT2D eigenvalue weighted by Crippen LogP contribution is 2.26. The molecule has 2 amide bonds. The summed E-state index contributed by atoms with van der Waals surface area (Å²) in [6.07, 6.45) is 1.75. The van der Waals surface area contributed by atoms with Crippen molar-refractivity contribution in [2.24, 2.45) is 11.7 Å². The Morgan fingerprint density at radius 1 is 1.47 bits per heavy atom. The van der Waals surface area contributed by atoms with E-state index in [0.29, 0.717) is 18.0 Å². The van der Waals surface area contributed by atoms with Gasteiger partial charge in [0, 0.05) is 11.9 Å². The zero-order chi connectivity index (χ0) is 14.0. The molecule has 6 nitrogen and oxygen atoms in total. The topological polar surface area (TPSA) is 94.3 Å². The van der Waals surface area contributed by atoms with Crippen LogP contribution in [0.15, 0.2) is 18.3 Å². The van der Waals surface area contributed by atoms with Crippen molar-refractivity contribution in [1.82, 2.24) is 4.98 Å². The van der Waals surface area contributed by atoms with Gasteiger partial charge in [-0.25, -0.2) is 0 Å². The average molecular weight is 263 g/mol. The molecule has 1 saturated heterocycles. The average Bonchev–Trinajstić information content (AvgIpc) is 2.70. The molecule has 2 heterocycles. The predicted octanol–water partition coefficient (Wildman–Crippen LogP) is 0.932. The van der Waals surface area contributed by atoms with Crippen molar-refractivity contribution in [3.63, 3.8) is 0 Å². The van der Waals surface area contributed by atoms with Gasteiger partial charge in [0.2, 0.25) is 0 Å². The third-order valence-electron chi connectivity index (χ3n) is 3.34. The van der Waals surface area contributed by atoms with Gasteiger partial charge in [-0.1, -0.05) is 6.92 Å². The summed E-state index contributed by atoms with van der Waals surface area (Å²) in [5.74, 6) is -0.484. The van der Waals surface area contributed by atoms with E-state index in [9.17, 15) is 9.59 Å². The Morgan fingerprint density at radius 2 is 2.21 bits per heavy atom. The molecule has 1 aliphatic heterocycles. The maximum Gasteiger partial charge on any atom is 0.267 e. The van der Waals surface area contributed by atoms with Gasteiger partial charge in [-0.2, -0.15) is 0 Å². The summed E-state index contributed by atoms with van der Waals surface area (Å²) >= 11 is 0. The summed E-state index contributed by atoms with van der Waals surface area (Å²) in [4.78, 5) is 26.8. The van der Waals surface area contributed by atoms with Gasteiger partial charge < -0.3 is 15.8 Å². The van der Waals surface area contributed by atoms with Crippen LogP contribution in [0.4, 0.5) is 5.69 Å². The first-order valence-electron chi connectivity index (χ1n) is 6.19. The molecule has 0 bridgehead atoms. The number of primary amides is 1. The first-order valence-corrected chi connectivity index (χ1v) is 6.19. The first kappa shape index (κ1) is 13.5. The van der Waals surface area contributed by atoms with Gasteiger partial charge in [0.15, 0.2) is 0 Å². The van der Waals surface area contributed by atoms with Crippen molar-refractivity contribution in [3.8, 4) is 0 Å². The highest BCUT2D eigenvalue weighted by Gasteiger charge is 2.33. The molecule has 0 spiro atoms. The van der Waals surface area contributed by atoms with Gasteiger partial charge in [0.25, 0.3) is 11.8 Å². The van der Waals surface area contributed by atoms with E-state index in [4.69, 9.17) is 10.5 Å². The second kappa shape index (κ2) is 5.36. The van der Waals surface area contributed by atoms with Crippen LogP contribution in [0.2, 0.25) is 0 Å².